The van der Waals surface area contributed by atoms with Crippen molar-refractivity contribution in [1.29, 1.82) is 0 Å². The average Bonchev–Trinajstić information content (AvgIpc) is 2.66. The van der Waals surface area contributed by atoms with Crippen LogP contribution in [0.15, 0.2) is 14.3 Å². The van der Waals surface area contributed by atoms with E-state index in [0.717, 1.165) is 18.4 Å². The van der Waals surface area contributed by atoms with E-state index < -0.39 is 0 Å². The predicted octanol–water partition coefficient (Wildman–Crippen LogP) is 5.75. The van der Waals surface area contributed by atoms with Crippen LogP contribution in [0.2, 0.25) is 0 Å². The van der Waals surface area contributed by atoms with Crippen LogP contribution in [0.4, 0.5) is 0 Å². The summed E-state index contributed by atoms with van der Waals surface area (Å²) in [6.45, 7) is 5.65. The first-order valence-electron chi connectivity index (χ1n) is 6.80. The predicted molar refractivity (Wildman–Crippen MR) is 87.3 cm³/mol. The van der Waals surface area contributed by atoms with Crippen LogP contribution in [-0.2, 0) is 0 Å². The summed E-state index contributed by atoms with van der Waals surface area (Å²) in [6.07, 6.45) is 5.54. The van der Waals surface area contributed by atoms with Gasteiger partial charge in [0.2, 0.25) is 0 Å². The summed E-state index contributed by atoms with van der Waals surface area (Å²) in [7, 11) is 0. The summed E-state index contributed by atoms with van der Waals surface area (Å²) < 4.78 is 2.40. The first kappa shape index (κ1) is 15.0. The van der Waals surface area contributed by atoms with Gasteiger partial charge in [-0.15, -0.1) is 11.3 Å². The van der Waals surface area contributed by atoms with Crippen molar-refractivity contribution in [3.63, 3.8) is 0 Å². The molecule has 3 atom stereocenters. The number of hydrogen-bond acceptors (Lipinski definition) is 2. The molecule has 1 saturated carbocycles. The highest BCUT2D eigenvalue weighted by molar-refractivity contribution is 9.13. The zero-order valence-corrected chi connectivity index (χ0v) is 15.0. The Morgan fingerprint density at radius 2 is 2.22 bits per heavy atom. The lowest BCUT2D eigenvalue weighted by molar-refractivity contribution is 0.227. The van der Waals surface area contributed by atoms with Gasteiger partial charge in [0.05, 0.1) is 3.79 Å². The molecule has 0 amide bonds. The Morgan fingerprint density at radius 3 is 2.78 bits per heavy atom. The molecule has 0 radical (unpaired) electrons. The molecule has 3 unspecified atom stereocenters. The molecule has 1 aliphatic rings. The maximum Gasteiger partial charge on any atom is 0.0843 e. The van der Waals surface area contributed by atoms with Gasteiger partial charge < -0.3 is 5.32 Å². The van der Waals surface area contributed by atoms with Crippen LogP contribution < -0.4 is 5.32 Å². The first-order valence-corrected chi connectivity index (χ1v) is 9.20. The summed E-state index contributed by atoms with van der Waals surface area (Å²) in [4.78, 5) is 1.47. The largest absolute Gasteiger partial charge is 0.309 e. The van der Waals surface area contributed by atoms with Crippen molar-refractivity contribution in [2.45, 2.75) is 45.6 Å². The third-order valence-electron chi connectivity index (χ3n) is 3.84. The lowest BCUT2D eigenvalue weighted by atomic mass is 9.78. The summed E-state index contributed by atoms with van der Waals surface area (Å²) in [5.41, 5.74) is 0. The minimum Gasteiger partial charge on any atom is -0.309 e. The van der Waals surface area contributed by atoms with E-state index in [1.54, 1.807) is 0 Å². The molecule has 1 fully saturated rings. The third kappa shape index (κ3) is 3.59. The molecular formula is C14H21Br2NS. The molecule has 1 nitrogen and oxygen atoms in total. The van der Waals surface area contributed by atoms with Gasteiger partial charge >= 0.3 is 0 Å². The number of rotatable bonds is 4. The van der Waals surface area contributed by atoms with Crippen molar-refractivity contribution in [3.8, 4) is 0 Å². The quantitative estimate of drug-likeness (QED) is 0.685. The van der Waals surface area contributed by atoms with E-state index in [1.807, 2.05) is 11.3 Å². The SMILES string of the molecule is CCNC(c1cc(Br)c(Br)s1)C1CCCC(C)C1. The van der Waals surface area contributed by atoms with Crippen molar-refractivity contribution >= 4 is 43.2 Å². The smallest absolute Gasteiger partial charge is 0.0843 e. The molecule has 2 rings (SSSR count). The van der Waals surface area contributed by atoms with Gasteiger partial charge in [0, 0.05) is 15.4 Å². The second kappa shape index (κ2) is 6.87. The third-order valence-corrected chi connectivity index (χ3v) is 7.18. The molecule has 1 aromatic rings. The Hall–Kier alpha value is 0.620. The van der Waals surface area contributed by atoms with Gasteiger partial charge in [0.15, 0.2) is 0 Å². The van der Waals surface area contributed by atoms with Crippen LogP contribution in [0.1, 0.15) is 50.4 Å². The summed E-state index contributed by atoms with van der Waals surface area (Å²) in [5, 5.41) is 3.70. The average molecular weight is 395 g/mol. The lowest BCUT2D eigenvalue weighted by Crippen LogP contribution is -2.30. The molecule has 4 heteroatoms. The van der Waals surface area contributed by atoms with Crippen LogP contribution in [0.3, 0.4) is 0 Å². The van der Waals surface area contributed by atoms with E-state index >= 15 is 0 Å². The Labute approximate surface area is 131 Å². The molecule has 0 spiro atoms. The van der Waals surface area contributed by atoms with Crippen LogP contribution >= 0.6 is 43.2 Å². The van der Waals surface area contributed by atoms with Crippen LogP contribution in [0, 0.1) is 11.8 Å². The molecule has 0 aromatic carbocycles. The van der Waals surface area contributed by atoms with Gasteiger partial charge in [-0.25, -0.2) is 0 Å². The van der Waals surface area contributed by atoms with E-state index in [9.17, 15) is 0 Å². The van der Waals surface area contributed by atoms with Crippen molar-refractivity contribution in [2.75, 3.05) is 6.54 Å². The Kier molecular flexibility index (Phi) is 5.73. The second-order valence-corrected chi connectivity index (χ2v) is 8.59. The highest BCUT2D eigenvalue weighted by Crippen LogP contribution is 2.42. The molecule has 102 valence electrons. The standard InChI is InChI=1S/C14H21Br2NS/c1-3-17-13(10-6-4-5-9(2)7-10)12-8-11(15)14(16)18-12/h8-10,13,17H,3-7H2,1-2H3. The van der Waals surface area contributed by atoms with Gasteiger partial charge in [-0.3, -0.25) is 0 Å². The zero-order chi connectivity index (χ0) is 13.1. The minimum absolute atomic E-state index is 0.533. The monoisotopic (exact) mass is 393 g/mol. The van der Waals surface area contributed by atoms with Crippen LogP contribution in [0.5, 0.6) is 0 Å². The Balaban J connectivity index is 2.16. The van der Waals surface area contributed by atoms with Gasteiger partial charge in [0.1, 0.15) is 0 Å². The summed E-state index contributed by atoms with van der Waals surface area (Å²) in [5.74, 6) is 1.68. The van der Waals surface area contributed by atoms with E-state index in [0.29, 0.717) is 6.04 Å². The fourth-order valence-electron chi connectivity index (χ4n) is 3.02. The van der Waals surface area contributed by atoms with Gasteiger partial charge in [0.25, 0.3) is 0 Å². The molecule has 0 saturated heterocycles. The maximum atomic E-state index is 3.70. The highest BCUT2D eigenvalue weighted by Gasteiger charge is 2.28. The van der Waals surface area contributed by atoms with E-state index in [4.69, 9.17) is 0 Å². The Morgan fingerprint density at radius 1 is 1.44 bits per heavy atom. The normalized spacial score (nSPS) is 26.2. The van der Waals surface area contributed by atoms with Gasteiger partial charge in [-0.2, -0.15) is 0 Å². The van der Waals surface area contributed by atoms with Crippen molar-refractivity contribution in [1.82, 2.24) is 5.32 Å². The molecule has 1 heterocycles. The van der Waals surface area contributed by atoms with Gasteiger partial charge in [-0.1, -0.05) is 26.7 Å². The van der Waals surface area contributed by atoms with Crippen molar-refractivity contribution < 1.29 is 0 Å². The lowest BCUT2D eigenvalue weighted by Gasteiger charge is -2.33. The maximum absolute atomic E-state index is 3.70. The second-order valence-electron chi connectivity index (χ2n) is 5.34. The zero-order valence-electron chi connectivity index (χ0n) is 11.0. The summed E-state index contributed by atoms with van der Waals surface area (Å²) >= 11 is 9.09. The molecular weight excluding hydrogens is 374 g/mol. The topological polar surface area (TPSA) is 12.0 Å². The summed E-state index contributed by atoms with van der Waals surface area (Å²) in [6, 6.07) is 2.81. The van der Waals surface area contributed by atoms with Crippen LogP contribution in [0.25, 0.3) is 0 Å². The molecule has 18 heavy (non-hydrogen) atoms. The fourth-order valence-corrected chi connectivity index (χ4v) is 5.28. The molecule has 0 aliphatic heterocycles. The first-order chi connectivity index (χ1) is 8.61. The molecule has 1 N–H and O–H groups in total. The number of nitrogens with one attached hydrogen (secondary N) is 1. The number of hydrogen-bond donors (Lipinski definition) is 1. The highest BCUT2D eigenvalue weighted by atomic mass is 79.9. The molecule has 0 bridgehead atoms. The molecule has 1 aromatic heterocycles. The van der Waals surface area contributed by atoms with E-state index in [2.05, 4.69) is 57.1 Å². The van der Waals surface area contributed by atoms with Crippen LogP contribution in [-0.4, -0.2) is 6.54 Å². The van der Waals surface area contributed by atoms with Gasteiger partial charge in [-0.05, 0) is 69.1 Å². The fraction of sp³-hybridized carbons (Fsp3) is 0.714. The minimum atomic E-state index is 0.533. The van der Waals surface area contributed by atoms with E-state index in [1.165, 1.54) is 38.8 Å². The van der Waals surface area contributed by atoms with E-state index in [-0.39, 0.29) is 0 Å². The van der Waals surface area contributed by atoms with Crippen molar-refractivity contribution in [2.24, 2.45) is 11.8 Å². The number of halogens is 2. The van der Waals surface area contributed by atoms with Crippen molar-refractivity contribution in [3.05, 3.63) is 19.2 Å². The number of thiophene rings is 1. The molecule has 1 aliphatic carbocycles. The Bertz CT molecular complexity index is 372.